The molecule has 0 spiro atoms. The average Bonchev–Trinajstić information content (AvgIpc) is 3.27. The lowest BCUT2D eigenvalue weighted by molar-refractivity contribution is -0.161. The lowest BCUT2D eigenvalue weighted by Crippen LogP contribution is -2.28. The predicted octanol–water partition coefficient (Wildman–Crippen LogP) is 14.0. The molecule has 1 atom stereocenters. The van der Waals surface area contributed by atoms with Crippen LogP contribution in [-0.2, 0) is 38.0 Å². The molecule has 0 rings (SSSR count). The summed E-state index contributed by atoms with van der Waals surface area (Å²) in [5, 5.41) is 0. The Labute approximate surface area is 381 Å². The average molecular weight is 880 g/mol. The van der Waals surface area contributed by atoms with Gasteiger partial charge in [0.05, 0.1) is 18.9 Å². The van der Waals surface area contributed by atoms with Gasteiger partial charge in [0.1, 0.15) is 19.8 Å². The van der Waals surface area contributed by atoms with E-state index in [1.54, 1.807) is 0 Å². The highest BCUT2D eigenvalue weighted by Crippen LogP contribution is 2.14. The minimum atomic E-state index is -0.776. The first kappa shape index (κ1) is 59.6. The van der Waals surface area contributed by atoms with Gasteiger partial charge >= 0.3 is 18.1 Å². The summed E-state index contributed by atoms with van der Waals surface area (Å²) in [4.78, 5) is 40.5. The predicted molar refractivity (Wildman–Crippen MR) is 255 cm³/mol. The molecule has 0 saturated carbocycles. The van der Waals surface area contributed by atoms with Gasteiger partial charge < -0.3 is 33.3 Å². The van der Waals surface area contributed by atoms with E-state index in [1.807, 2.05) is 0 Å². The van der Waals surface area contributed by atoms with Crippen LogP contribution in [0.15, 0.2) is 24.3 Å². The second kappa shape index (κ2) is 48.0. The van der Waals surface area contributed by atoms with Crippen molar-refractivity contribution in [3.63, 3.8) is 0 Å². The molecule has 0 bridgehead atoms. The highest BCUT2D eigenvalue weighted by atomic mass is 16.7. The summed E-state index contributed by atoms with van der Waals surface area (Å²) in [5.41, 5.74) is 0. The molecular weight excluding hydrogens is 783 g/mol. The van der Waals surface area contributed by atoms with Gasteiger partial charge in [0, 0.05) is 32.6 Å². The molecule has 364 valence electrons. The third kappa shape index (κ3) is 42.9. The third-order valence-electron chi connectivity index (χ3n) is 11.0. The minimum Gasteiger partial charge on any atom is -0.465 e. The van der Waals surface area contributed by atoms with Crippen LogP contribution in [0.4, 0.5) is 4.79 Å². The van der Waals surface area contributed by atoms with E-state index in [-0.39, 0.29) is 38.8 Å². The van der Waals surface area contributed by atoms with Gasteiger partial charge in [-0.1, -0.05) is 162 Å². The van der Waals surface area contributed by atoms with E-state index in [9.17, 15) is 14.4 Å². The summed E-state index contributed by atoms with van der Waals surface area (Å²) < 4.78 is 34.2. The molecule has 0 aromatic heterocycles. The zero-order valence-electron chi connectivity index (χ0n) is 41.0. The van der Waals surface area contributed by atoms with E-state index < -0.39 is 24.3 Å². The van der Waals surface area contributed by atoms with Gasteiger partial charge in [0.15, 0.2) is 6.29 Å². The van der Waals surface area contributed by atoms with Crippen molar-refractivity contribution in [1.29, 1.82) is 0 Å². The van der Waals surface area contributed by atoms with Crippen LogP contribution in [0.3, 0.4) is 0 Å². The van der Waals surface area contributed by atoms with Crippen LogP contribution < -0.4 is 0 Å². The van der Waals surface area contributed by atoms with E-state index in [2.05, 4.69) is 63.8 Å². The Bertz CT molecular complexity index is 1030. The number of hydrogen-bond donors (Lipinski definition) is 0. The Morgan fingerprint density at radius 1 is 0.452 bits per heavy atom. The molecule has 0 aliphatic heterocycles. The maximum Gasteiger partial charge on any atom is 0.508 e. The monoisotopic (exact) mass is 880 g/mol. The van der Waals surface area contributed by atoms with E-state index >= 15 is 0 Å². The smallest absolute Gasteiger partial charge is 0.465 e. The maximum absolute atomic E-state index is 13.0. The Morgan fingerprint density at radius 2 is 0.919 bits per heavy atom. The van der Waals surface area contributed by atoms with Crippen molar-refractivity contribution in [3.8, 4) is 0 Å². The SMILES string of the molecule is CCCCC/C=C\C/C=C\CCCCCCCC(=O)OCC(COC(=O)CCC(OCCCCCCCC)OCCCCCCCC)COC(=O)OCCCN(CC)CCCC. The van der Waals surface area contributed by atoms with Gasteiger partial charge in [-0.2, -0.15) is 0 Å². The topological polar surface area (TPSA) is 110 Å². The summed E-state index contributed by atoms with van der Waals surface area (Å²) in [5.74, 6) is -1.21. The maximum atomic E-state index is 13.0. The van der Waals surface area contributed by atoms with Crippen LogP contribution in [-0.4, -0.2) is 88.6 Å². The molecule has 0 fully saturated rings. The Hall–Kier alpha value is -2.43. The number of hydrogen-bond acceptors (Lipinski definition) is 10. The van der Waals surface area contributed by atoms with Crippen LogP contribution >= 0.6 is 0 Å². The first-order chi connectivity index (χ1) is 30.4. The molecule has 10 heteroatoms. The van der Waals surface area contributed by atoms with Gasteiger partial charge in [0.2, 0.25) is 0 Å². The van der Waals surface area contributed by atoms with Crippen molar-refractivity contribution in [1.82, 2.24) is 4.90 Å². The Kier molecular flexibility index (Phi) is 46.2. The van der Waals surface area contributed by atoms with E-state index in [0.717, 1.165) is 103 Å². The Balaban J connectivity index is 4.91. The van der Waals surface area contributed by atoms with Crippen molar-refractivity contribution in [3.05, 3.63) is 24.3 Å². The molecule has 0 saturated heterocycles. The second-order valence-electron chi connectivity index (χ2n) is 17.0. The van der Waals surface area contributed by atoms with Crippen LogP contribution in [0.1, 0.15) is 221 Å². The first-order valence-electron chi connectivity index (χ1n) is 25.8. The van der Waals surface area contributed by atoms with E-state index in [1.165, 1.54) is 77.0 Å². The molecule has 0 aromatic rings. The third-order valence-corrected chi connectivity index (χ3v) is 11.0. The number of esters is 2. The highest BCUT2D eigenvalue weighted by Gasteiger charge is 2.20. The van der Waals surface area contributed by atoms with Crippen molar-refractivity contribution < 1.29 is 42.8 Å². The molecule has 0 radical (unpaired) electrons. The highest BCUT2D eigenvalue weighted by molar-refractivity contribution is 5.69. The summed E-state index contributed by atoms with van der Waals surface area (Å²) in [6.45, 7) is 15.1. The number of ether oxygens (including phenoxy) is 6. The lowest BCUT2D eigenvalue weighted by Gasteiger charge is -2.20. The first-order valence-corrected chi connectivity index (χ1v) is 25.8. The molecule has 0 aromatic carbocycles. The number of nitrogens with zero attached hydrogens (tertiary/aromatic N) is 1. The van der Waals surface area contributed by atoms with Crippen molar-refractivity contribution in [2.45, 2.75) is 227 Å². The zero-order chi connectivity index (χ0) is 45.4. The number of carbonyl (C=O) groups is 3. The van der Waals surface area contributed by atoms with Crippen molar-refractivity contribution in [2.75, 3.05) is 59.3 Å². The van der Waals surface area contributed by atoms with Gasteiger partial charge in [-0.15, -0.1) is 0 Å². The minimum absolute atomic E-state index is 0.0199. The lowest BCUT2D eigenvalue weighted by atomic mass is 10.1. The molecule has 0 aliphatic carbocycles. The molecule has 0 N–H and O–H groups in total. The van der Waals surface area contributed by atoms with Gasteiger partial charge in [0.25, 0.3) is 0 Å². The van der Waals surface area contributed by atoms with Gasteiger partial charge in [-0.25, -0.2) is 4.79 Å². The second-order valence-corrected chi connectivity index (χ2v) is 17.0. The fourth-order valence-corrected chi connectivity index (χ4v) is 6.92. The molecule has 62 heavy (non-hydrogen) atoms. The molecule has 0 amide bonds. The van der Waals surface area contributed by atoms with Crippen LogP contribution in [0.2, 0.25) is 0 Å². The summed E-state index contributed by atoms with van der Waals surface area (Å²) >= 11 is 0. The molecule has 1 unspecified atom stereocenters. The van der Waals surface area contributed by atoms with Crippen molar-refractivity contribution >= 4 is 18.1 Å². The standard InChI is InChI=1S/C52H97NO9/c1-6-11-15-18-21-22-23-24-25-26-27-28-29-30-33-37-49(54)60-45-48(47-62-52(56)59-44-36-41-53(10-5)40-14-9-4)46-61-50(55)38-39-51(57-42-34-31-19-16-12-7-2)58-43-35-32-20-17-13-8-3/h21-22,24-25,48,51H,6-20,23,26-47H2,1-5H3/b22-21-,25-24-. The van der Waals surface area contributed by atoms with Gasteiger partial charge in [-0.3, -0.25) is 9.59 Å². The van der Waals surface area contributed by atoms with Crippen molar-refractivity contribution in [2.24, 2.45) is 5.92 Å². The van der Waals surface area contributed by atoms with E-state index in [4.69, 9.17) is 28.4 Å². The molecule has 10 nitrogen and oxygen atoms in total. The van der Waals surface area contributed by atoms with Crippen LogP contribution in [0.5, 0.6) is 0 Å². The normalized spacial score (nSPS) is 12.2. The molecule has 0 heterocycles. The van der Waals surface area contributed by atoms with Gasteiger partial charge in [-0.05, 0) is 77.3 Å². The van der Waals surface area contributed by atoms with Crippen LogP contribution in [0, 0.1) is 5.92 Å². The largest absolute Gasteiger partial charge is 0.508 e. The number of rotatable bonds is 47. The quantitative estimate of drug-likeness (QED) is 0.0193. The van der Waals surface area contributed by atoms with E-state index in [0.29, 0.717) is 32.5 Å². The molecule has 0 aliphatic rings. The Morgan fingerprint density at radius 3 is 1.50 bits per heavy atom. The summed E-state index contributed by atoms with van der Waals surface area (Å²) in [6.07, 6.45) is 38.0. The number of unbranched alkanes of at least 4 members (excludes halogenated alkanes) is 19. The number of allylic oxidation sites excluding steroid dienone is 4. The summed E-state index contributed by atoms with van der Waals surface area (Å²) in [6, 6.07) is 0. The fourth-order valence-electron chi connectivity index (χ4n) is 6.92. The fraction of sp³-hybridized carbons (Fsp3) is 0.865. The van der Waals surface area contributed by atoms with Crippen LogP contribution in [0.25, 0.3) is 0 Å². The number of carbonyl (C=O) groups excluding carboxylic acids is 3. The summed E-state index contributed by atoms with van der Waals surface area (Å²) in [7, 11) is 0. The molecular formula is C52H97NO9. The zero-order valence-corrected chi connectivity index (χ0v) is 41.0.